The Hall–Kier alpha value is 0.738. The predicted molar refractivity (Wildman–Crippen MR) is 74.4 cm³/mol. The summed E-state index contributed by atoms with van der Waals surface area (Å²) in [6.07, 6.45) is 0. The van der Waals surface area contributed by atoms with E-state index in [1.807, 2.05) is 20.8 Å². The minimum Gasteiger partial charge on any atom is -0.402 e. The summed E-state index contributed by atoms with van der Waals surface area (Å²) in [7, 11) is -4.85. The van der Waals surface area contributed by atoms with Gasteiger partial charge in [0, 0.05) is 23.3 Å². The Morgan fingerprint density at radius 2 is 1.18 bits per heavy atom. The van der Waals surface area contributed by atoms with Gasteiger partial charge in [-0.05, 0) is 5.04 Å². The van der Waals surface area contributed by atoms with Crippen molar-refractivity contribution < 1.29 is 84.0 Å². The van der Waals surface area contributed by atoms with Crippen molar-refractivity contribution in [2.45, 2.75) is 38.9 Å². The molecule has 0 heterocycles. The number of hydrogen-bond donors (Lipinski definition) is 3. The zero-order chi connectivity index (χ0) is 17.2. The van der Waals surface area contributed by atoms with Crippen LogP contribution in [0.5, 0.6) is 0 Å². The van der Waals surface area contributed by atoms with Gasteiger partial charge in [0.25, 0.3) is 0 Å². The van der Waals surface area contributed by atoms with Crippen molar-refractivity contribution >= 4 is 20.6 Å². The summed E-state index contributed by atoms with van der Waals surface area (Å²) in [5, 5.41) is 20.6. The van der Waals surface area contributed by atoms with E-state index in [2.05, 4.69) is 0 Å². The molecule has 3 nitrogen and oxygen atoms in total. The van der Waals surface area contributed by atoms with Crippen LogP contribution in [0.3, 0.4) is 0 Å². The van der Waals surface area contributed by atoms with Crippen LogP contribution in [-0.4, -0.2) is 30.5 Å². The van der Waals surface area contributed by atoms with Gasteiger partial charge in [-0.2, -0.15) is 0 Å². The summed E-state index contributed by atoms with van der Waals surface area (Å²) in [6, 6.07) is 1.41. The molecule has 0 atom stereocenters. The van der Waals surface area contributed by atoms with Crippen LogP contribution in [0.2, 0.25) is 18.1 Å². The third-order valence-corrected chi connectivity index (χ3v) is 8.98. The molecule has 22 heavy (non-hydrogen) atoms. The quantitative estimate of drug-likeness (QED) is 0.252. The van der Waals surface area contributed by atoms with Gasteiger partial charge in [-0.3, -0.25) is 8.78 Å². The molecule has 1 aromatic rings. The number of benzene rings is 1. The van der Waals surface area contributed by atoms with Gasteiger partial charge in [0.15, 0.2) is 0 Å². The smallest absolute Gasteiger partial charge is 0.402 e. The minimum absolute atomic E-state index is 0. The third-order valence-electron chi connectivity index (χ3n) is 3.54. The Kier molecular flexibility index (Phi) is 10.5. The van der Waals surface area contributed by atoms with Crippen LogP contribution in [0.1, 0.15) is 20.8 Å². The molecule has 1 rings (SSSR count). The average Bonchev–Trinajstić information content (AvgIpc) is 2.24. The molecule has 0 saturated carbocycles. The average molecular weight is 364 g/mol. The SMILES string of the molecule is CC(C)(C)[Si](C)(C)c1c(F)c(F)[c-]c(F)c1F.OB(O)O.[K+]. The van der Waals surface area contributed by atoms with Gasteiger partial charge in [0.05, 0.1) is 8.07 Å². The Morgan fingerprint density at radius 3 is 1.41 bits per heavy atom. The van der Waals surface area contributed by atoms with E-state index in [4.69, 9.17) is 15.1 Å². The minimum atomic E-state index is -2.68. The van der Waals surface area contributed by atoms with Gasteiger partial charge < -0.3 is 15.1 Å². The Bertz CT molecular complexity index is 481. The summed E-state index contributed by atoms with van der Waals surface area (Å²) in [6.45, 7) is 8.81. The maximum Gasteiger partial charge on any atom is 1.00 e. The molecule has 0 unspecified atom stereocenters. The zero-order valence-corrected chi connectivity index (χ0v) is 17.6. The fourth-order valence-corrected chi connectivity index (χ4v) is 3.51. The second-order valence-corrected chi connectivity index (χ2v) is 11.2. The normalized spacial score (nSPS) is 11.3. The van der Waals surface area contributed by atoms with Crippen molar-refractivity contribution in [1.82, 2.24) is 0 Å². The van der Waals surface area contributed by atoms with Gasteiger partial charge in [0.2, 0.25) is 0 Å². The van der Waals surface area contributed by atoms with Crippen molar-refractivity contribution in [1.29, 1.82) is 0 Å². The predicted octanol–water partition coefficient (Wildman–Crippen LogP) is -1.29. The molecule has 120 valence electrons. The van der Waals surface area contributed by atoms with E-state index in [0.29, 0.717) is 0 Å². The molecule has 0 spiro atoms. The van der Waals surface area contributed by atoms with Crippen LogP contribution in [-0.2, 0) is 0 Å². The fraction of sp³-hybridized carbons (Fsp3) is 0.500. The van der Waals surface area contributed by atoms with E-state index in [0.717, 1.165) is 0 Å². The zero-order valence-electron chi connectivity index (χ0n) is 13.4. The molecule has 0 aliphatic carbocycles. The standard InChI is InChI=1S/C12H15F4Si.BH3O3.K/c1-12(2,3)17(4,5)11-9(15)7(13)6-8(14)10(11)16;2-1(3)4;/h1-5H3;2-4H;/q-1;;+1. The van der Waals surface area contributed by atoms with Crippen LogP contribution in [0, 0.1) is 29.3 Å². The Labute approximate surface area is 171 Å². The molecule has 0 fully saturated rings. The van der Waals surface area contributed by atoms with Gasteiger partial charge in [-0.25, -0.2) is 8.78 Å². The molecule has 0 radical (unpaired) electrons. The van der Waals surface area contributed by atoms with E-state index in [1.165, 1.54) is 6.07 Å². The van der Waals surface area contributed by atoms with E-state index < -0.39 is 48.9 Å². The van der Waals surface area contributed by atoms with Crippen LogP contribution in [0.15, 0.2) is 0 Å². The van der Waals surface area contributed by atoms with Gasteiger partial charge in [0.1, 0.15) is 0 Å². The molecule has 1 aromatic carbocycles. The molecular weight excluding hydrogens is 346 g/mol. The van der Waals surface area contributed by atoms with Gasteiger partial charge in [-0.1, -0.05) is 39.1 Å². The first-order valence-electron chi connectivity index (χ1n) is 6.03. The third kappa shape index (κ3) is 6.33. The van der Waals surface area contributed by atoms with Crippen molar-refractivity contribution in [3.05, 3.63) is 29.3 Å². The monoisotopic (exact) mass is 364 g/mol. The maximum absolute atomic E-state index is 13.7. The van der Waals surface area contributed by atoms with Gasteiger partial charge >= 0.3 is 58.7 Å². The fourth-order valence-electron chi connectivity index (χ4n) is 1.45. The van der Waals surface area contributed by atoms with E-state index in [1.54, 1.807) is 13.1 Å². The molecule has 0 bridgehead atoms. The van der Waals surface area contributed by atoms with Crippen molar-refractivity contribution in [3.8, 4) is 0 Å². The second-order valence-electron chi connectivity index (χ2n) is 5.98. The Balaban J connectivity index is 0. The van der Waals surface area contributed by atoms with Gasteiger partial charge in [-0.15, -0.1) is 6.07 Å². The molecule has 0 aromatic heterocycles. The first-order valence-corrected chi connectivity index (χ1v) is 9.03. The molecule has 0 aliphatic heterocycles. The van der Waals surface area contributed by atoms with Crippen molar-refractivity contribution in [3.63, 3.8) is 0 Å². The summed E-state index contributed by atoms with van der Waals surface area (Å²) >= 11 is 0. The first-order chi connectivity index (χ1) is 9.23. The second kappa shape index (κ2) is 9.28. The van der Waals surface area contributed by atoms with Crippen LogP contribution < -0.4 is 56.6 Å². The number of halogens is 4. The van der Waals surface area contributed by atoms with E-state index in [9.17, 15) is 17.6 Å². The number of rotatable bonds is 1. The maximum atomic E-state index is 13.7. The summed E-state index contributed by atoms with van der Waals surface area (Å²) in [4.78, 5) is 0. The molecule has 3 N–H and O–H groups in total. The number of hydrogen-bond acceptors (Lipinski definition) is 3. The molecular formula is C12H18BF4KO3Si. The molecule has 0 aliphatic rings. The summed E-state index contributed by atoms with van der Waals surface area (Å²) in [5.41, 5.74) is 0. The summed E-state index contributed by atoms with van der Waals surface area (Å²) < 4.78 is 53.6. The summed E-state index contributed by atoms with van der Waals surface area (Å²) in [5.74, 6) is -5.53. The van der Waals surface area contributed by atoms with Crippen LogP contribution in [0.4, 0.5) is 17.6 Å². The topological polar surface area (TPSA) is 60.7 Å². The van der Waals surface area contributed by atoms with Crippen molar-refractivity contribution in [2.75, 3.05) is 0 Å². The van der Waals surface area contributed by atoms with E-state index in [-0.39, 0.29) is 51.4 Å². The van der Waals surface area contributed by atoms with Crippen molar-refractivity contribution in [2.24, 2.45) is 0 Å². The first kappa shape index (κ1) is 25.0. The Morgan fingerprint density at radius 1 is 0.909 bits per heavy atom. The molecule has 10 heteroatoms. The molecule has 0 amide bonds. The van der Waals surface area contributed by atoms with Crippen LogP contribution in [0.25, 0.3) is 0 Å². The molecule has 0 saturated heterocycles. The van der Waals surface area contributed by atoms with E-state index >= 15 is 0 Å². The largest absolute Gasteiger partial charge is 1.00 e. The van der Waals surface area contributed by atoms with Crippen LogP contribution >= 0.6 is 0 Å².